The molecule has 1 N–H and O–H groups in total. The summed E-state index contributed by atoms with van der Waals surface area (Å²) in [7, 11) is 1.92. The van der Waals surface area contributed by atoms with E-state index < -0.39 is 0 Å². The van der Waals surface area contributed by atoms with Gasteiger partial charge in [-0.2, -0.15) is 0 Å². The van der Waals surface area contributed by atoms with E-state index in [1.165, 1.54) is 0 Å². The predicted molar refractivity (Wildman–Crippen MR) is 81.2 cm³/mol. The summed E-state index contributed by atoms with van der Waals surface area (Å²) in [5.74, 6) is 0. The quantitative estimate of drug-likeness (QED) is 0.796. The number of hydrogen-bond acceptors (Lipinski definition) is 4. The predicted octanol–water partition coefficient (Wildman–Crippen LogP) is 2.28. The fourth-order valence-electron chi connectivity index (χ4n) is 2.43. The van der Waals surface area contributed by atoms with Crippen molar-refractivity contribution in [2.24, 2.45) is 0 Å². The minimum Gasteiger partial charge on any atom is -0.307 e. The molecule has 3 rings (SSSR count). The van der Waals surface area contributed by atoms with Gasteiger partial charge in [0.25, 0.3) is 0 Å². The summed E-state index contributed by atoms with van der Waals surface area (Å²) in [4.78, 5) is 4.51. The average molecular weight is 279 g/mol. The van der Waals surface area contributed by atoms with Gasteiger partial charge >= 0.3 is 0 Å². The molecule has 21 heavy (non-hydrogen) atoms. The van der Waals surface area contributed by atoms with Gasteiger partial charge in [-0.25, -0.2) is 4.68 Å². The number of pyridine rings is 1. The summed E-state index contributed by atoms with van der Waals surface area (Å²) in [6.45, 7) is 2.06. The van der Waals surface area contributed by atoms with Crippen LogP contribution in [0.25, 0.3) is 5.69 Å². The highest BCUT2D eigenvalue weighted by Gasteiger charge is 2.21. The van der Waals surface area contributed by atoms with Crippen LogP contribution in [0, 0.1) is 6.92 Å². The van der Waals surface area contributed by atoms with Gasteiger partial charge in [0, 0.05) is 6.20 Å². The molecule has 0 saturated heterocycles. The lowest BCUT2D eigenvalue weighted by Gasteiger charge is -2.18. The lowest BCUT2D eigenvalue weighted by atomic mass is 10.1. The number of aryl methyl sites for hydroxylation is 1. The number of nitrogens with zero attached hydrogens (tertiary/aromatic N) is 4. The maximum Gasteiger partial charge on any atom is 0.0943 e. The Labute approximate surface area is 123 Å². The summed E-state index contributed by atoms with van der Waals surface area (Å²) in [5, 5.41) is 11.6. The topological polar surface area (TPSA) is 55.6 Å². The molecule has 1 aromatic carbocycles. The van der Waals surface area contributed by atoms with Gasteiger partial charge in [-0.15, -0.1) is 5.10 Å². The number of aromatic nitrogens is 4. The smallest absolute Gasteiger partial charge is 0.0943 e. The molecule has 5 heteroatoms. The third kappa shape index (κ3) is 2.55. The molecule has 2 aromatic heterocycles. The van der Waals surface area contributed by atoms with Crippen LogP contribution in [0.5, 0.6) is 0 Å². The van der Waals surface area contributed by atoms with Gasteiger partial charge < -0.3 is 5.32 Å². The summed E-state index contributed by atoms with van der Waals surface area (Å²) >= 11 is 0. The van der Waals surface area contributed by atoms with E-state index in [1.54, 1.807) is 6.20 Å². The van der Waals surface area contributed by atoms with E-state index in [2.05, 4.69) is 33.6 Å². The van der Waals surface area contributed by atoms with Crippen LogP contribution in [-0.4, -0.2) is 27.0 Å². The van der Waals surface area contributed by atoms with Crippen LogP contribution in [0.3, 0.4) is 0 Å². The summed E-state index contributed by atoms with van der Waals surface area (Å²) < 4.78 is 1.84. The molecular formula is C16H17N5. The van der Waals surface area contributed by atoms with Crippen LogP contribution in [-0.2, 0) is 0 Å². The molecule has 1 atom stereocenters. The first-order chi connectivity index (χ1) is 10.3. The van der Waals surface area contributed by atoms with Crippen molar-refractivity contribution in [1.82, 2.24) is 25.3 Å². The number of nitrogens with one attached hydrogen (secondary N) is 1. The zero-order valence-electron chi connectivity index (χ0n) is 12.1. The van der Waals surface area contributed by atoms with Crippen molar-refractivity contribution in [3.05, 3.63) is 71.8 Å². The van der Waals surface area contributed by atoms with Crippen LogP contribution in [0.1, 0.15) is 23.0 Å². The van der Waals surface area contributed by atoms with Gasteiger partial charge in [0.1, 0.15) is 0 Å². The first-order valence-electron chi connectivity index (χ1n) is 6.86. The van der Waals surface area contributed by atoms with Gasteiger partial charge in [0.2, 0.25) is 0 Å². The Balaban J connectivity index is 2.08. The van der Waals surface area contributed by atoms with E-state index in [1.807, 2.05) is 54.3 Å². The van der Waals surface area contributed by atoms with Crippen LogP contribution < -0.4 is 5.32 Å². The Morgan fingerprint density at radius 3 is 2.62 bits per heavy atom. The Morgan fingerprint density at radius 1 is 1.10 bits per heavy atom. The first-order valence-corrected chi connectivity index (χ1v) is 6.86. The maximum atomic E-state index is 4.51. The molecule has 2 heterocycles. The molecule has 0 saturated carbocycles. The SMILES string of the molecule is CNC(c1ncccc1C)c1cnnn1-c1ccccc1. The number of rotatable bonds is 4. The van der Waals surface area contributed by atoms with E-state index >= 15 is 0 Å². The molecule has 0 fully saturated rings. The first kappa shape index (κ1) is 13.5. The Hall–Kier alpha value is -2.53. The molecule has 3 aromatic rings. The van der Waals surface area contributed by atoms with Gasteiger partial charge in [0.15, 0.2) is 0 Å². The summed E-state index contributed by atoms with van der Waals surface area (Å²) in [6.07, 6.45) is 3.59. The van der Waals surface area contributed by atoms with E-state index in [4.69, 9.17) is 0 Å². The fraction of sp³-hybridized carbons (Fsp3) is 0.188. The van der Waals surface area contributed by atoms with Crippen LogP contribution in [0.4, 0.5) is 0 Å². The highest BCUT2D eigenvalue weighted by Crippen LogP contribution is 2.23. The molecule has 0 aliphatic heterocycles. The van der Waals surface area contributed by atoms with Crippen molar-refractivity contribution in [2.75, 3.05) is 7.05 Å². The van der Waals surface area contributed by atoms with E-state index in [0.717, 1.165) is 22.6 Å². The minimum atomic E-state index is -0.0543. The van der Waals surface area contributed by atoms with E-state index in [9.17, 15) is 0 Å². The highest BCUT2D eigenvalue weighted by atomic mass is 15.4. The molecule has 0 spiro atoms. The Kier molecular flexibility index (Phi) is 3.75. The van der Waals surface area contributed by atoms with Gasteiger partial charge in [0.05, 0.1) is 29.3 Å². The minimum absolute atomic E-state index is 0.0543. The van der Waals surface area contributed by atoms with Crippen molar-refractivity contribution in [3.8, 4) is 5.69 Å². The molecule has 1 unspecified atom stereocenters. The summed E-state index contributed by atoms with van der Waals surface area (Å²) in [5.41, 5.74) is 4.07. The molecule has 0 radical (unpaired) electrons. The Bertz CT molecular complexity index is 720. The van der Waals surface area contributed by atoms with E-state index in [-0.39, 0.29) is 6.04 Å². The monoisotopic (exact) mass is 279 g/mol. The average Bonchev–Trinajstić information content (AvgIpc) is 3.00. The van der Waals surface area contributed by atoms with Crippen molar-refractivity contribution in [1.29, 1.82) is 0 Å². The molecule has 0 bridgehead atoms. The molecule has 0 aliphatic rings. The van der Waals surface area contributed by atoms with Crippen LogP contribution >= 0.6 is 0 Å². The van der Waals surface area contributed by atoms with Crippen molar-refractivity contribution >= 4 is 0 Å². The van der Waals surface area contributed by atoms with Gasteiger partial charge in [-0.3, -0.25) is 4.98 Å². The largest absolute Gasteiger partial charge is 0.307 e. The second-order valence-corrected chi connectivity index (χ2v) is 4.83. The molecule has 0 aliphatic carbocycles. The van der Waals surface area contributed by atoms with Gasteiger partial charge in [-0.05, 0) is 37.7 Å². The lowest BCUT2D eigenvalue weighted by molar-refractivity contribution is 0.616. The van der Waals surface area contributed by atoms with Crippen molar-refractivity contribution in [3.63, 3.8) is 0 Å². The standard InChI is InChI=1S/C16H17N5/c1-12-7-6-10-18-15(12)16(17-2)14-11-19-20-21(14)13-8-4-3-5-9-13/h3-11,16-17H,1-2H3. The zero-order valence-corrected chi connectivity index (χ0v) is 12.1. The third-order valence-electron chi connectivity index (χ3n) is 3.48. The lowest BCUT2D eigenvalue weighted by Crippen LogP contribution is -2.23. The second-order valence-electron chi connectivity index (χ2n) is 4.83. The van der Waals surface area contributed by atoms with Crippen molar-refractivity contribution in [2.45, 2.75) is 13.0 Å². The van der Waals surface area contributed by atoms with Gasteiger partial charge in [-0.1, -0.05) is 29.5 Å². The normalized spacial score (nSPS) is 12.3. The van der Waals surface area contributed by atoms with E-state index in [0.29, 0.717) is 0 Å². The number of benzene rings is 1. The molecule has 0 amide bonds. The maximum absolute atomic E-state index is 4.51. The second kappa shape index (κ2) is 5.85. The summed E-state index contributed by atoms with van der Waals surface area (Å²) in [6, 6.07) is 13.9. The molecular weight excluding hydrogens is 262 g/mol. The molecule has 5 nitrogen and oxygen atoms in total. The molecule has 106 valence electrons. The Morgan fingerprint density at radius 2 is 1.90 bits per heavy atom. The zero-order chi connectivity index (χ0) is 14.7. The fourth-order valence-corrected chi connectivity index (χ4v) is 2.43. The number of hydrogen-bond donors (Lipinski definition) is 1. The van der Waals surface area contributed by atoms with Crippen molar-refractivity contribution < 1.29 is 0 Å². The van der Waals surface area contributed by atoms with Crippen LogP contribution in [0.2, 0.25) is 0 Å². The highest BCUT2D eigenvalue weighted by molar-refractivity contribution is 5.35. The third-order valence-corrected chi connectivity index (χ3v) is 3.48. The number of para-hydroxylation sites is 1. The van der Waals surface area contributed by atoms with Crippen LogP contribution in [0.15, 0.2) is 54.9 Å².